The van der Waals surface area contributed by atoms with Gasteiger partial charge in [-0.1, -0.05) is 0 Å². The molecule has 6 heteroatoms. The molecule has 2 aromatic heterocycles. The van der Waals surface area contributed by atoms with Crippen LogP contribution in [0.3, 0.4) is 0 Å². The summed E-state index contributed by atoms with van der Waals surface area (Å²) in [6.45, 7) is 8.25. The maximum Gasteiger partial charge on any atom is 0.193 e. The van der Waals surface area contributed by atoms with E-state index < -0.39 is 0 Å². The third kappa shape index (κ3) is 3.38. The van der Waals surface area contributed by atoms with Crippen molar-refractivity contribution < 1.29 is 4.74 Å². The number of ether oxygens (including phenoxy) is 1. The summed E-state index contributed by atoms with van der Waals surface area (Å²) in [7, 11) is 0. The van der Waals surface area contributed by atoms with Gasteiger partial charge < -0.3 is 10.1 Å². The normalized spacial score (nSPS) is 18.6. The number of morpholine rings is 1. The first-order chi connectivity index (χ1) is 9.83. The van der Waals surface area contributed by atoms with E-state index in [4.69, 9.17) is 4.74 Å². The van der Waals surface area contributed by atoms with Crippen molar-refractivity contribution >= 4 is 16.3 Å². The number of hydrogen-bond donors (Lipinski definition) is 1. The van der Waals surface area contributed by atoms with E-state index in [-0.39, 0.29) is 0 Å². The molecule has 5 nitrogen and oxygen atoms in total. The van der Waals surface area contributed by atoms with Crippen molar-refractivity contribution in [2.75, 3.05) is 39.4 Å². The Morgan fingerprint density at radius 1 is 1.45 bits per heavy atom. The third-order valence-electron chi connectivity index (χ3n) is 3.73. The van der Waals surface area contributed by atoms with Gasteiger partial charge in [-0.05, 0) is 6.92 Å². The molecular formula is C14H22N4OS. The van der Waals surface area contributed by atoms with Gasteiger partial charge in [-0.3, -0.25) is 9.30 Å². The summed E-state index contributed by atoms with van der Waals surface area (Å²) < 4.78 is 7.55. The Labute approximate surface area is 123 Å². The van der Waals surface area contributed by atoms with Crippen LogP contribution in [0.4, 0.5) is 0 Å². The molecule has 0 saturated carbocycles. The van der Waals surface area contributed by atoms with Gasteiger partial charge in [-0.15, -0.1) is 11.3 Å². The number of nitrogens with zero attached hydrogens (tertiary/aromatic N) is 3. The molecule has 1 N–H and O–H groups in total. The molecule has 0 aliphatic carbocycles. The van der Waals surface area contributed by atoms with Crippen LogP contribution >= 0.6 is 11.3 Å². The summed E-state index contributed by atoms with van der Waals surface area (Å²) in [5.74, 6) is 0. The SMILES string of the molecule is CC(CN1CCOCC1)NCCc1csc2nccn12. The minimum absolute atomic E-state index is 0.519. The number of nitrogens with one attached hydrogen (secondary N) is 1. The lowest BCUT2D eigenvalue weighted by Crippen LogP contribution is -2.44. The van der Waals surface area contributed by atoms with Gasteiger partial charge in [0.25, 0.3) is 0 Å². The fourth-order valence-corrected chi connectivity index (χ4v) is 3.52. The van der Waals surface area contributed by atoms with E-state index >= 15 is 0 Å². The van der Waals surface area contributed by atoms with Gasteiger partial charge in [0.05, 0.1) is 13.2 Å². The first kappa shape index (κ1) is 14.0. The Balaban J connectivity index is 1.41. The lowest BCUT2D eigenvalue weighted by molar-refractivity contribution is 0.0344. The van der Waals surface area contributed by atoms with Gasteiger partial charge in [0.2, 0.25) is 0 Å². The quantitative estimate of drug-likeness (QED) is 0.870. The van der Waals surface area contributed by atoms with Crippen molar-refractivity contribution in [1.29, 1.82) is 0 Å². The first-order valence-electron chi connectivity index (χ1n) is 7.26. The van der Waals surface area contributed by atoms with Crippen LogP contribution in [0.5, 0.6) is 0 Å². The second-order valence-corrected chi connectivity index (χ2v) is 6.16. The standard InChI is InChI=1S/C14H22N4OS/c1-12(10-17-6-8-19-9-7-17)15-3-2-13-11-20-14-16-4-5-18(13)14/h4-5,11-12,15H,2-3,6-10H2,1H3. The minimum atomic E-state index is 0.519. The molecule has 0 bridgehead atoms. The average molecular weight is 294 g/mol. The Morgan fingerprint density at radius 2 is 2.30 bits per heavy atom. The van der Waals surface area contributed by atoms with E-state index in [2.05, 4.69) is 31.9 Å². The molecule has 1 fully saturated rings. The predicted octanol–water partition coefficient (Wildman–Crippen LogP) is 1.25. The number of thiazole rings is 1. The van der Waals surface area contributed by atoms with Crippen LogP contribution in [0.1, 0.15) is 12.6 Å². The van der Waals surface area contributed by atoms with Crippen LogP contribution < -0.4 is 5.32 Å². The monoisotopic (exact) mass is 294 g/mol. The predicted molar refractivity (Wildman–Crippen MR) is 81.5 cm³/mol. The summed E-state index contributed by atoms with van der Waals surface area (Å²) in [6.07, 6.45) is 4.95. The van der Waals surface area contributed by atoms with Crippen molar-refractivity contribution in [1.82, 2.24) is 19.6 Å². The second kappa shape index (κ2) is 6.67. The first-order valence-corrected chi connectivity index (χ1v) is 8.14. The van der Waals surface area contributed by atoms with E-state index in [0.717, 1.165) is 50.8 Å². The Kier molecular flexibility index (Phi) is 4.67. The molecule has 1 atom stereocenters. The Morgan fingerprint density at radius 3 is 3.15 bits per heavy atom. The number of rotatable bonds is 6. The van der Waals surface area contributed by atoms with Crippen LogP contribution in [-0.4, -0.2) is 59.7 Å². The molecule has 3 rings (SSSR count). The highest BCUT2D eigenvalue weighted by atomic mass is 32.1. The lowest BCUT2D eigenvalue weighted by atomic mass is 10.2. The number of fused-ring (bicyclic) bond motifs is 1. The van der Waals surface area contributed by atoms with Crippen molar-refractivity contribution in [3.05, 3.63) is 23.5 Å². The van der Waals surface area contributed by atoms with E-state index in [0.29, 0.717) is 6.04 Å². The van der Waals surface area contributed by atoms with Crippen molar-refractivity contribution in [3.63, 3.8) is 0 Å². The van der Waals surface area contributed by atoms with Crippen molar-refractivity contribution in [2.45, 2.75) is 19.4 Å². The average Bonchev–Trinajstić information content (AvgIpc) is 3.04. The van der Waals surface area contributed by atoms with Crippen LogP contribution in [0.15, 0.2) is 17.8 Å². The van der Waals surface area contributed by atoms with Gasteiger partial charge in [0, 0.05) is 62.1 Å². The molecule has 2 aromatic rings. The molecule has 110 valence electrons. The molecule has 20 heavy (non-hydrogen) atoms. The summed E-state index contributed by atoms with van der Waals surface area (Å²) in [4.78, 5) is 7.86. The highest BCUT2D eigenvalue weighted by Crippen LogP contribution is 2.14. The summed E-state index contributed by atoms with van der Waals surface area (Å²) in [5, 5.41) is 5.82. The topological polar surface area (TPSA) is 41.8 Å². The third-order valence-corrected chi connectivity index (χ3v) is 4.63. The van der Waals surface area contributed by atoms with E-state index in [1.807, 2.05) is 12.4 Å². The Hall–Kier alpha value is -0.950. The summed E-state index contributed by atoms with van der Waals surface area (Å²) in [5.41, 5.74) is 1.34. The van der Waals surface area contributed by atoms with E-state index in [1.165, 1.54) is 5.69 Å². The molecule has 0 aromatic carbocycles. The summed E-state index contributed by atoms with van der Waals surface area (Å²) in [6, 6.07) is 0.519. The zero-order valence-corrected chi connectivity index (χ0v) is 12.7. The molecule has 3 heterocycles. The van der Waals surface area contributed by atoms with Gasteiger partial charge >= 0.3 is 0 Å². The number of imidazole rings is 1. The highest BCUT2D eigenvalue weighted by Gasteiger charge is 2.13. The molecule has 1 aliphatic heterocycles. The van der Waals surface area contributed by atoms with Gasteiger partial charge in [-0.2, -0.15) is 0 Å². The molecular weight excluding hydrogens is 272 g/mol. The van der Waals surface area contributed by atoms with Crippen molar-refractivity contribution in [2.24, 2.45) is 0 Å². The maximum atomic E-state index is 5.38. The Bertz CT molecular complexity index is 532. The summed E-state index contributed by atoms with van der Waals surface area (Å²) >= 11 is 1.71. The highest BCUT2D eigenvalue weighted by molar-refractivity contribution is 7.15. The zero-order valence-electron chi connectivity index (χ0n) is 11.9. The maximum absolute atomic E-state index is 5.38. The van der Waals surface area contributed by atoms with Crippen LogP contribution in [0.25, 0.3) is 4.96 Å². The lowest BCUT2D eigenvalue weighted by Gasteiger charge is -2.29. The molecule has 1 unspecified atom stereocenters. The van der Waals surface area contributed by atoms with Crippen molar-refractivity contribution in [3.8, 4) is 0 Å². The fourth-order valence-electron chi connectivity index (χ4n) is 2.63. The van der Waals surface area contributed by atoms with Gasteiger partial charge in [-0.25, -0.2) is 4.98 Å². The van der Waals surface area contributed by atoms with E-state index in [9.17, 15) is 0 Å². The number of aromatic nitrogens is 2. The molecule has 0 radical (unpaired) electrons. The molecule has 0 spiro atoms. The molecule has 1 aliphatic rings. The fraction of sp³-hybridized carbons (Fsp3) is 0.643. The van der Waals surface area contributed by atoms with Crippen LogP contribution in [-0.2, 0) is 11.2 Å². The van der Waals surface area contributed by atoms with Crippen LogP contribution in [0, 0.1) is 0 Å². The second-order valence-electron chi connectivity index (χ2n) is 5.33. The molecule has 0 amide bonds. The van der Waals surface area contributed by atoms with Gasteiger partial charge in [0.1, 0.15) is 0 Å². The number of hydrogen-bond acceptors (Lipinski definition) is 5. The minimum Gasteiger partial charge on any atom is -0.379 e. The zero-order chi connectivity index (χ0) is 13.8. The van der Waals surface area contributed by atoms with E-state index in [1.54, 1.807) is 11.3 Å². The smallest absolute Gasteiger partial charge is 0.193 e. The van der Waals surface area contributed by atoms with Gasteiger partial charge in [0.15, 0.2) is 4.96 Å². The largest absolute Gasteiger partial charge is 0.379 e. The molecule has 1 saturated heterocycles. The van der Waals surface area contributed by atoms with Crippen LogP contribution in [0.2, 0.25) is 0 Å².